The maximum Gasteiger partial charge on any atom is 0.416 e. The molecule has 0 saturated heterocycles. The Morgan fingerprint density at radius 1 is 1.38 bits per heavy atom. The van der Waals surface area contributed by atoms with E-state index in [-0.39, 0.29) is 12.0 Å². The Balaban J connectivity index is 2.38. The molecule has 0 aliphatic carbocycles. The Morgan fingerprint density at radius 2 is 2.10 bits per heavy atom. The van der Waals surface area contributed by atoms with Gasteiger partial charge in [0.15, 0.2) is 0 Å². The molecule has 8 heteroatoms. The second kappa shape index (κ2) is 6.17. The van der Waals surface area contributed by atoms with E-state index in [4.69, 9.17) is 5.84 Å². The van der Waals surface area contributed by atoms with E-state index in [0.717, 1.165) is 6.07 Å². The van der Waals surface area contributed by atoms with Crippen LogP contribution in [-0.4, -0.2) is 9.78 Å². The smallest absolute Gasteiger partial charge is 0.276 e. The number of halogens is 4. The number of aryl methyl sites for hydroxylation is 1. The highest BCUT2D eigenvalue weighted by atomic mass is 79.9. The topological polar surface area (TPSA) is 55.9 Å². The first-order chi connectivity index (χ1) is 9.81. The van der Waals surface area contributed by atoms with Crippen molar-refractivity contribution in [1.82, 2.24) is 15.2 Å². The number of nitrogens with two attached hydrogens (primary N) is 1. The summed E-state index contributed by atoms with van der Waals surface area (Å²) < 4.78 is 41.4. The van der Waals surface area contributed by atoms with Crippen LogP contribution in [0, 0.1) is 0 Å². The first-order valence-electron chi connectivity index (χ1n) is 6.12. The second-order valence-corrected chi connectivity index (χ2v) is 5.55. The van der Waals surface area contributed by atoms with Gasteiger partial charge < -0.3 is 0 Å². The van der Waals surface area contributed by atoms with Gasteiger partial charge in [-0.2, -0.15) is 18.3 Å². The Hall–Kier alpha value is -1.38. The lowest BCUT2D eigenvalue weighted by molar-refractivity contribution is -0.138. The maximum absolute atomic E-state index is 13.2. The van der Waals surface area contributed by atoms with Gasteiger partial charge in [-0.25, -0.2) is 0 Å². The Kier molecular flexibility index (Phi) is 4.70. The number of nitrogens with zero attached hydrogens (tertiary/aromatic N) is 2. The number of aromatic nitrogens is 2. The molecule has 1 aromatic carbocycles. The molecule has 0 aliphatic heterocycles. The van der Waals surface area contributed by atoms with E-state index in [1.165, 1.54) is 6.07 Å². The molecule has 1 heterocycles. The molecule has 3 N–H and O–H groups in total. The summed E-state index contributed by atoms with van der Waals surface area (Å²) in [6.45, 7) is 0. The summed E-state index contributed by atoms with van der Waals surface area (Å²) in [5.41, 5.74) is 2.49. The third-order valence-corrected chi connectivity index (χ3v) is 3.57. The summed E-state index contributed by atoms with van der Waals surface area (Å²) in [4.78, 5) is 0. The molecule has 4 nitrogen and oxygen atoms in total. The summed E-state index contributed by atoms with van der Waals surface area (Å²) in [7, 11) is 1.75. The molecule has 1 unspecified atom stereocenters. The average molecular weight is 363 g/mol. The van der Waals surface area contributed by atoms with Crippen molar-refractivity contribution in [3.05, 3.63) is 51.8 Å². The van der Waals surface area contributed by atoms with Crippen LogP contribution in [0.25, 0.3) is 0 Å². The van der Waals surface area contributed by atoms with Crippen molar-refractivity contribution in [2.75, 3.05) is 0 Å². The minimum atomic E-state index is -4.45. The molecule has 0 saturated carbocycles. The molecule has 2 aromatic rings. The summed E-state index contributed by atoms with van der Waals surface area (Å²) >= 11 is 3.06. The van der Waals surface area contributed by atoms with E-state index in [2.05, 4.69) is 26.5 Å². The summed E-state index contributed by atoms with van der Waals surface area (Å²) in [5.74, 6) is 5.45. The van der Waals surface area contributed by atoms with Gasteiger partial charge >= 0.3 is 6.18 Å². The average Bonchev–Trinajstić information content (AvgIpc) is 2.81. The maximum atomic E-state index is 13.2. The molecule has 0 spiro atoms. The zero-order valence-electron chi connectivity index (χ0n) is 11.2. The van der Waals surface area contributed by atoms with Crippen molar-refractivity contribution in [3.63, 3.8) is 0 Å². The Labute approximate surface area is 128 Å². The van der Waals surface area contributed by atoms with Crippen molar-refractivity contribution < 1.29 is 13.2 Å². The molecule has 0 amide bonds. The number of hydrogen-bond donors (Lipinski definition) is 2. The molecule has 0 radical (unpaired) electrons. The molecule has 114 valence electrons. The SMILES string of the molecule is Cn1ccc(CC(NN)c2ccc(Br)cc2C(F)(F)F)n1. The van der Waals surface area contributed by atoms with Crippen LogP contribution in [0.1, 0.15) is 22.9 Å². The van der Waals surface area contributed by atoms with Crippen molar-refractivity contribution in [3.8, 4) is 0 Å². The summed E-state index contributed by atoms with van der Waals surface area (Å²) in [5, 5.41) is 4.16. The number of rotatable bonds is 4. The largest absolute Gasteiger partial charge is 0.416 e. The molecule has 1 aromatic heterocycles. The molecular weight excluding hydrogens is 349 g/mol. The van der Waals surface area contributed by atoms with Gasteiger partial charge in [-0.05, 0) is 23.8 Å². The molecule has 1 atom stereocenters. The predicted octanol–water partition coefficient (Wildman–Crippen LogP) is 2.95. The minimum absolute atomic E-state index is 0.0962. The molecule has 0 fully saturated rings. The van der Waals surface area contributed by atoms with Gasteiger partial charge in [0, 0.05) is 24.1 Å². The van der Waals surface area contributed by atoms with Crippen molar-refractivity contribution in [1.29, 1.82) is 0 Å². The van der Waals surface area contributed by atoms with Crippen LogP contribution in [0.15, 0.2) is 34.9 Å². The van der Waals surface area contributed by atoms with Gasteiger partial charge in [0.25, 0.3) is 0 Å². The number of alkyl halides is 3. The number of hydrogen-bond acceptors (Lipinski definition) is 3. The lowest BCUT2D eigenvalue weighted by Crippen LogP contribution is -2.31. The van der Waals surface area contributed by atoms with Gasteiger partial charge in [0.05, 0.1) is 17.3 Å². The highest BCUT2D eigenvalue weighted by Crippen LogP contribution is 2.36. The van der Waals surface area contributed by atoms with Crippen LogP contribution in [0.3, 0.4) is 0 Å². The number of benzene rings is 1. The first kappa shape index (κ1) is 16.0. The normalized spacial score (nSPS) is 13.4. The fourth-order valence-electron chi connectivity index (χ4n) is 2.12. The fourth-order valence-corrected chi connectivity index (χ4v) is 2.48. The van der Waals surface area contributed by atoms with E-state index in [1.54, 1.807) is 30.1 Å². The predicted molar refractivity (Wildman–Crippen MR) is 76.1 cm³/mol. The van der Waals surface area contributed by atoms with E-state index in [9.17, 15) is 13.2 Å². The first-order valence-corrected chi connectivity index (χ1v) is 6.92. The molecule has 21 heavy (non-hydrogen) atoms. The van der Waals surface area contributed by atoms with Crippen LogP contribution in [0.4, 0.5) is 13.2 Å². The zero-order valence-corrected chi connectivity index (χ0v) is 12.7. The lowest BCUT2D eigenvalue weighted by atomic mass is 9.97. The van der Waals surface area contributed by atoms with Crippen LogP contribution in [-0.2, 0) is 19.6 Å². The Morgan fingerprint density at radius 3 is 2.62 bits per heavy atom. The lowest BCUT2D eigenvalue weighted by Gasteiger charge is -2.20. The number of nitrogens with one attached hydrogen (secondary N) is 1. The van der Waals surface area contributed by atoms with Crippen LogP contribution in [0.5, 0.6) is 0 Å². The minimum Gasteiger partial charge on any atom is -0.276 e. The van der Waals surface area contributed by atoms with Crippen LogP contribution in [0.2, 0.25) is 0 Å². The summed E-state index contributed by atoms with van der Waals surface area (Å²) in [6.07, 6.45) is -2.45. The monoisotopic (exact) mass is 362 g/mol. The Bertz CT molecular complexity index is 624. The van der Waals surface area contributed by atoms with E-state index < -0.39 is 17.8 Å². The van der Waals surface area contributed by atoms with E-state index >= 15 is 0 Å². The van der Waals surface area contributed by atoms with Crippen molar-refractivity contribution in [2.24, 2.45) is 12.9 Å². The van der Waals surface area contributed by atoms with Gasteiger partial charge in [0.1, 0.15) is 0 Å². The van der Waals surface area contributed by atoms with E-state index in [0.29, 0.717) is 10.2 Å². The standard InChI is InChI=1S/C13H14BrF3N4/c1-21-5-4-9(20-21)7-12(19-18)10-3-2-8(14)6-11(10)13(15,16)17/h2-6,12,19H,7,18H2,1H3. The third kappa shape index (κ3) is 3.84. The zero-order chi connectivity index (χ0) is 15.6. The molecular formula is C13H14BrF3N4. The van der Waals surface area contributed by atoms with E-state index in [1.807, 2.05) is 0 Å². The van der Waals surface area contributed by atoms with Gasteiger partial charge in [-0.3, -0.25) is 16.0 Å². The third-order valence-electron chi connectivity index (χ3n) is 3.08. The van der Waals surface area contributed by atoms with Gasteiger partial charge in [-0.1, -0.05) is 22.0 Å². The highest BCUT2D eigenvalue weighted by Gasteiger charge is 2.35. The van der Waals surface area contributed by atoms with Gasteiger partial charge in [-0.15, -0.1) is 0 Å². The molecule has 2 rings (SSSR count). The second-order valence-electron chi connectivity index (χ2n) is 4.63. The summed E-state index contributed by atoms with van der Waals surface area (Å²) in [6, 6.07) is 5.10. The quantitative estimate of drug-likeness (QED) is 0.649. The van der Waals surface area contributed by atoms with Crippen molar-refractivity contribution >= 4 is 15.9 Å². The van der Waals surface area contributed by atoms with Crippen molar-refractivity contribution in [2.45, 2.75) is 18.6 Å². The van der Waals surface area contributed by atoms with Crippen LogP contribution >= 0.6 is 15.9 Å². The highest BCUT2D eigenvalue weighted by molar-refractivity contribution is 9.10. The van der Waals surface area contributed by atoms with Crippen LogP contribution < -0.4 is 11.3 Å². The molecule has 0 bridgehead atoms. The van der Waals surface area contributed by atoms with Gasteiger partial charge in [0.2, 0.25) is 0 Å². The fraction of sp³-hybridized carbons (Fsp3) is 0.308. The molecule has 0 aliphatic rings. The number of hydrazine groups is 1.